The number of aliphatic hydroxyl groups is 1. The lowest BCUT2D eigenvalue weighted by Crippen LogP contribution is -2.07. The molecule has 6 nitrogen and oxygen atoms in total. The highest BCUT2D eigenvalue weighted by Crippen LogP contribution is 2.25. The third-order valence-corrected chi connectivity index (χ3v) is 3.91. The van der Waals surface area contributed by atoms with Gasteiger partial charge in [0.1, 0.15) is 10.5 Å². The quantitative estimate of drug-likeness (QED) is 0.531. The van der Waals surface area contributed by atoms with E-state index < -0.39 is 0 Å². The number of H-pyrrole nitrogens is 1. The van der Waals surface area contributed by atoms with Crippen LogP contribution in [0.4, 0.5) is 5.95 Å². The smallest absolute Gasteiger partial charge is 0.225 e. The predicted octanol–water partition coefficient (Wildman–Crippen LogP) is 1.90. The Labute approximate surface area is 116 Å². The summed E-state index contributed by atoms with van der Waals surface area (Å²) in [4.78, 5) is 16.1. The summed E-state index contributed by atoms with van der Waals surface area (Å²) < 4.78 is 0. The molecule has 0 amide bonds. The van der Waals surface area contributed by atoms with E-state index in [-0.39, 0.29) is 12.5 Å². The van der Waals surface area contributed by atoms with Gasteiger partial charge in [-0.3, -0.25) is 0 Å². The molecular weight excluding hydrogens is 262 g/mol. The first kappa shape index (κ1) is 14.1. The van der Waals surface area contributed by atoms with Crippen molar-refractivity contribution in [3.05, 3.63) is 6.33 Å². The molecule has 104 valence electrons. The van der Waals surface area contributed by atoms with Gasteiger partial charge in [-0.1, -0.05) is 13.8 Å². The van der Waals surface area contributed by atoms with Gasteiger partial charge in [0.15, 0.2) is 5.65 Å². The maximum absolute atomic E-state index is 9.08. The van der Waals surface area contributed by atoms with Crippen molar-refractivity contribution in [2.75, 3.05) is 24.2 Å². The van der Waals surface area contributed by atoms with Crippen LogP contribution in [0.1, 0.15) is 20.3 Å². The number of aromatic amines is 1. The van der Waals surface area contributed by atoms with E-state index in [1.165, 1.54) is 0 Å². The van der Waals surface area contributed by atoms with Gasteiger partial charge in [-0.05, 0) is 12.3 Å². The van der Waals surface area contributed by atoms with E-state index in [1.54, 1.807) is 18.1 Å². The van der Waals surface area contributed by atoms with Gasteiger partial charge < -0.3 is 15.4 Å². The molecule has 0 fully saturated rings. The first-order valence-corrected chi connectivity index (χ1v) is 7.41. The van der Waals surface area contributed by atoms with Crippen molar-refractivity contribution >= 4 is 28.9 Å². The Morgan fingerprint density at radius 3 is 3.05 bits per heavy atom. The van der Waals surface area contributed by atoms with E-state index >= 15 is 0 Å². The number of nitrogens with zero attached hydrogens (tertiary/aromatic N) is 3. The summed E-state index contributed by atoms with van der Waals surface area (Å²) in [5.41, 5.74) is 1.53. The van der Waals surface area contributed by atoms with Crippen LogP contribution >= 0.6 is 11.8 Å². The van der Waals surface area contributed by atoms with Gasteiger partial charge in [0, 0.05) is 18.9 Å². The fraction of sp³-hybridized carbons (Fsp3) is 0.583. The molecule has 7 heteroatoms. The van der Waals surface area contributed by atoms with Crippen molar-refractivity contribution in [2.24, 2.45) is 5.92 Å². The number of nitrogens with one attached hydrogen (secondary N) is 2. The van der Waals surface area contributed by atoms with Crippen LogP contribution in [0.2, 0.25) is 0 Å². The van der Waals surface area contributed by atoms with Gasteiger partial charge in [0.2, 0.25) is 5.95 Å². The van der Waals surface area contributed by atoms with Crippen LogP contribution in [0.5, 0.6) is 0 Å². The van der Waals surface area contributed by atoms with Crippen LogP contribution in [0.15, 0.2) is 11.4 Å². The van der Waals surface area contributed by atoms with Crippen LogP contribution in [-0.4, -0.2) is 43.9 Å². The Morgan fingerprint density at radius 1 is 1.47 bits per heavy atom. The minimum absolute atomic E-state index is 0.186. The molecule has 2 rings (SSSR count). The number of anilines is 1. The minimum atomic E-state index is 0.186. The lowest BCUT2D eigenvalue weighted by molar-refractivity contribution is 0.250. The number of thioether (sulfide) groups is 1. The first-order chi connectivity index (χ1) is 9.24. The molecule has 0 bridgehead atoms. The lowest BCUT2D eigenvalue weighted by Gasteiger charge is -2.09. The Hall–Kier alpha value is -1.34. The van der Waals surface area contributed by atoms with E-state index in [4.69, 9.17) is 5.11 Å². The number of imidazole rings is 1. The molecule has 0 spiro atoms. The van der Waals surface area contributed by atoms with Gasteiger partial charge in [-0.15, -0.1) is 11.8 Å². The minimum Gasteiger partial charge on any atom is -0.396 e. The molecule has 0 saturated carbocycles. The van der Waals surface area contributed by atoms with Gasteiger partial charge in [0.25, 0.3) is 0 Å². The number of hydrogen-bond donors (Lipinski definition) is 3. The largest absolute Gasteiger partial charge is 0.396 e. The summed E-state index contributed by atoms with van der Waals surface area (Å²) in [6.45, 7) is 5.13. The molecule has 2 aromatic rings. The van der Waals surface area contributed by atoms with Crippen molar-refractivity contribution < 1.29 is 5.11 Å². The average Bonchev–Trinajstić information content (AvgIpc) is 2.90. The summed E-state index contributed by atoms with van der Waals surface area (Å²) in [7, 11) is 0. The second-order valence-electron chi connectivity index (χ2n) is 4.48. The molecule has 1 atom stereocenters. The molecule has 0 aliphatic heterocycles. The molecule has 0 aliphatic carbocycles. The molecule has 19 heavy (non-hydrogen) atoms. The van der Waals surface area contributed by atoms with Crippen LogP contribution in [0, 0.1) is 5.92 Å². The highest BCUT2D eigenvalue weighted by atomic mass is 32.2. The summed E-state index contributed by atoms with van der Waals surface area (Å²) in [5.74, 6) is 1.67. The monoisotopic (exact) mass is 281 g/mol. The molecular formula is C12H19N5OS. The Balaban J connectivity index is 2.21. The van der Waals surface area contributed by atoms with Crippen molar-refractivity contribution in [3.8, 4) is 0 Å². The Kier molecular flexibility index (Phi) is 4.98. The molecule has 3 N–H and O–H groups in total. The maximum Gasteiger partial charge on any atom is 0.225 e. The van der Waals surface area contributed by atoms with E-state index in [2.05, 4.69) is 32.2 Å². The van der Waals surface area contributed by atoms with Gasteiger partial charge in [0.05, 0.1) is 6.33 Å². The zero-order chi connectivity index (χ0) is 13.7. The molecule has 2 heterocycles. The predicted molar refractivity (Wildman–Crippen MR) is 77.4 cm³/mol. The Bertz CT molecular complexity index is 530. The number of hydrogen-bond acceptors (Lipinski definition) is 6. The zero-order valence-corrected chi connectivity index (χ0v) is 12.0. The summed E-state index contributed by atoms with van der Waals surface area (Å²) in [6.07, 6.45) is 2.65. The standard InChI is InChI=1S/C12H19N5OS/c1-3-4-13-12-16-10-9(14-7-15-10)11(17-12)19-6-8(2)5-18/h7-8,18H,3-6H2,1-2H3,(H2,13,14,15,16,17). The number of aromatic nitrogens is 4. The average molecular weight is 281 g/mol. The van der Waals surface area contributed by atoms with E-state index in [0.29, 0.717) is 11.6 Å². The molecule has 0 aromatic carbocycles. The molecule has 0 radical (unpaired) electrons. The van der Waals surface area contributed by atoms with Crippen molar-refractivity contribution in [1.82, 2.24) is 19.9 Å². The fourth-order valence-corrected chi connectivity index (χ4v) is 2.49. The third-order valence-electron chi connectivity index (χ3n) is 2.60. The van der Waals surface area contributed by atoms with Crippen LogP contribution < -0.4 is 5.32 Å². The maximum atomic E-state index is 9.08. The van der Waals surface area contributed by atoms with Gasteiger partial charge in [-0.2, -0.15) is 4.98 Å². The fourth-order valence-electron chi connectivity index (χ4n) is 1.50. The second-order valence-corrected chi connectivity index (χ2v) is 5.49. The Morgan fingerprint density at radius 2 is 2.32 bits per heavy atom. The molecule has 0 saturated heterocycles. The molecule has 0 aliphatic rings. The first-order valence-electron chi connectivity index (χ1n) is 6.43. The van der Waals surface area contributed by atoms with E-state index in [9.17, 15) is 0 Å². The van der Waals surface area contributed by atoms with Crippen LogP contribution in [-0.2, 0) is 0 Å². The molecule has 1 unspecified atom stereocenters. The summed E-state index contributed by atoms with van der Waals surface area (Å²) in [5, 5.41) is 13.1. The van der Waals surface area contributed by atoms with E-state index in [1.807, 2.05) is 6.92 Å². The number of fused-ring (bicyclic) bond motifs is 1. The summed E-state index contributed by atoms with van der Waals surface area (Å²) in [6, 6.07) is 0. The topological polar surface area (TPSA) is 86.7 Å². The summed E-state index contributed by atoms with van der Waals surface area (Å²) >= 11 is 1.61. The van der Waals surface area contributed by atoms with Gasteiger partial charge >= 0.3 is 0 Å². The van der Waals surface area contributed by atoms with E-state index in [0.717, 1.165) is 29.3 Å². The van der Waals surface area contributed by atoms with Crippen LogP contribution in [0.25, 0.3) is 11.2 Å². The lowest BCUT2D eigenvalue weighted by atomic mass is 10.2. The number of aliphatic hydroxyl groups excluding tert-OH is 1. The van der Waals surface area contributed by atoms with Crippen molar-refractivity contribution in [1.29, 1.82) is 0 Å². The third kappa shape index (κ3) is 3.57. The highest BCUT2D eigenvalue weighted by molar-refractivity contribution is 7.99. The van der Waals surface area contributed by atoms with Crippen molar-refractivity contribution in [3.63, 3.8) is 0 Å². The van der Waals surface area contributed by atoms with Crippen LogP contribution in [0.3, 0.4) is 0 Å². The SMILES string of the molecule is CCCNc1nc(SCC(C)CO)c2[nH]cnc2n1. The zero-order valence-electron chi connectivity index (χ0n) is 11.2. The highest BCUT2D eigenvalue weighted by Gasteiger charge is 2.11. The normalized spacial score (nSPS) is 12.8. The van der Waals surface area contributed by atoms with Crippen molar-refractivity contribution in [2.45, 2.75) is 25.3 Å². The van der Waals surface area contributed by atoms with Gasteiger partial charge in [-0.25, -0.2) is 9.97 Å². The number of rotatable bonds is 7. The molecule has 2 aromatic heterocycles. The second kappa shape index (κ2) is 6.72.